The lowest BCUT2D eigenvalue weighted by Crippen LogP contribution is -2.35. The smallest absolute Gasteiger partial charge is 0.119 e. The molecule has 0 heterocycles. The van der Waals surface area contributed by atoms with Gasteiger partial charge in [-0.3, -0.25) is 0 Å². The maximum absolute atomic E-state index is 6.26. The molecule has 108 valence electrons. The minimum Gasteiger partial charge on any atom is -0.491 e. The first-order chi connectivity index (χ1) is 8.93. The average molecular weight is 264 g/mol. The lowest BCUT2D eigenvalue weighted by Gasteiger charge is -2.26. The van der Waals surface area contributed by atoms with Crippen LogP contribution in [-0.4, -0.2) is 30.6 Å². The van der Waals surface area contributed by atoms with Crippen molar-refractivity contribution in [1.82, 2.24) is 4.90 Å². The summed E-state index contributed by atoms with van der Waals surface area (Å²) in [6.07, 6.45) is 1.35. The van der Waals surface area contributed by atoms with Crippen LogP contribution in [0.4, 0.5) is 0 Å². The van der Waals surface area contributed by atoms with Gasteiger partial charge < -0.3 is 15.4 Å². The van der Waals surface area contributed by atoms with Gasteiger partial charge in [0.2, 0.25) is 0 Å². The highest BCUT2D eigenvalue weighted by Crippen LogP contribution is 2.18. The Kier molecular flexibility index (Phi) is 6.32. The van der Waals surface area contributed by atoms with Crippen LogP contribution in [0.3, 0.4) is 0 Å². The first-order valence-electron chi connectivity index (χ1n) is 7.16. The van der Waals surface area contributed by atoms with E-state index in [4.69, 9.17) is 10.5 Å². The molecule has 0 bridgehead atoms. The van der Waals surface area contributed by atoms with E-state index >= 15 is 0 Å². The second kappa shape index (κ2) is 7.51. The second-order valence-electron chi connectivity index (χ2n) is 5.54. The van der Waals surface area contributed by atoms with Crippen molar-refractivity contribution in [3.05, 3.63) is 29.8 Å². The molecule has 2 unspecified atom stereocenters. The first kappa shape index (κ1) is 16.0. The lowest BCUT2D eigenvalue weighted by atomic mass is 10.1. The summed E-state index contributed by atoms with van der Waals surface area (Å²) >= 11 is 0. The Hall–Kier alpha value is -1.06. The standard InChI is InChI=1S/C16H28N2O/c1-6-13(4)18(5)11-16(17)14-7-9-15(10-8-14)19-12(2)3/h7-10,12-13,16H,6,11,17H2,1-5H3. The molecule has 2 N–H and O–H groups in total. The molecule has 1 rings (SSSR count). The van der Waals surface area contributed by atoms with Gasteiger partial charge in [-0.15, -0.1) is 0 Å². The highest BCUT2D eigenvalue weighted by Gasteiger charge is 2.13. The van der Waals surface area contributed by atoms with Gasteiger partial charge in [0.15, 0.2) is 0 Å². The predicted molar refractivity (Wildman–Crippen MR) is 81.5 cm³/mol. The summed E-state index contributed by atoms with van der Waals surface area (Å²) < 4.78 is 5.63. The molecule has 0 aliphatic rings. The Morgan fingerprint density at radius 2 is 1.74 bits per heavy atom. The largest absolute Gasteiger partial charge is 0.491 e. The number of rotatable bonds is 7. The topological polar surface area (TPSA) is 38.5 Å². The molecule has 1 aromatic rings. The zero-order valence-electron chi connectivity index (χ0n) is 12.9. The Balaban J connectivity index is 2.60. The fourth-order valence-corrected chi connectivity index (χ4v) is 1.97. The summed E-state index contributed by atoms with van der Waals surface area (Å²) in [5.41, 5.74) is 7.42. The third kappa shape index (κ3) is 5.21. The van der Waals surface area contributed by atoms with Gasteiger partial charge in [-0.2, -0.15) is 0 Å². The molecule has 0 amide bonds. The molecule has 3 nitrogen and oxygen atoms in total. The van der Waals surface area contributed by atoms with Gasteiger partial charge in [-0.25, -0.2) is 0 Å². The summed E-state index contributed by atoms with van der Waals surface area (Å²) in [4.78, 5) is 2.31. The molecule has 1 aromatic carbocycles. The fourth-order valence-electron chi connectivity index (χ4n) is 1.97. The monoisotopic (exact) mass is 264 g/mol. The molecule has 0 saturated carbocycles. The van der Waals surface area contributed by atoms with Gasteiger partial charge in [-0.1, -0.05) is 19.1 Å². The van der Waals surface area contributed by atoms with Crippen molar-refractivity contribution < 1.29 is 4.74 Å². The van der Waals surface area contributed by atoms with Crippen LogP contribution in [-0.2, 0) is 0 Å². The molecular formula is C16H28N2O. The van der Waals surface area contributed by atoms with E-state index in [1.807, 2.05) is 26.0 Å². The molecule has 0 aliphatic heterocycles. The number of benzene rings is 1. The van der Waals surface area contributed by atoms with Gasteiger partial charge >= 0.3 is 0 Å². The van der Waals surface area contributed by atoms with E-state index < -0.39 is 0 Å². The van der Waals surface area contributed by atoms with Crippen LogP contribution in [0.5, 0.6) is 5.75 Å². The highest BCUT2D eigenvalue weighted by atomic mass is 16.5. The molecule has 0 spiro atoms. The molecule has 0 radical (unpaired) electrons. The van der Waals surface area contributed by atoms with Gasteiger partial charge in [0, 0.05) is 18.6 Å². The number of hydrogen-bond donors (Lipinski definition) is 1. The van der Waals surface area contributed by atoms with Crippen LogP contribution in [0.2, 0.25) is 0 Å². The maximum Gasteiger partial charge on any atom is 0.119 e. The van der Waals surface area contributed by atoms with Crippen molar-refractivity contribution in [3.63, 3.8) is 0 Å². The van der Waals surface area contributed by atoms with E-state index in [2.05, 4.69) is 37.9 Å². The summed E-state index contributed by atoms with van der Waals surface area (Å²) in [5, 5.41) is 0. The molecular weight excluding hydrogens is 236 g/mol. The Morgan fingerprint density at radius 3 is 2.21 bits per heavy atom. The van der Waals surface area contributed by atoms with E-state index in [-0.39, 0.29) is 12.1 Å². The highest BCUT2D eigenvalue weighted by molar-refractivity contribution is 5.29. The van der Waals surface area contributed by atoms with Crippen molar-refractivity contribution in [2.45, 2.75) is 52.3 Å². The van der Waals surface area contributed by atoms with Crippen molar-refractivity contribution >= 4 is 0 Å². The number of ether oxygens (including phenoxy) is 1. The van der Waals surface area contributed by atoms with E-state index in [0.717, 1.165) is 24.3 Å². The van der Waals surface area contributed by atoms with Gasteiger partial charge in [0.05, 0.1) is 6.10 Å². The predicted octanol–water partition coefficient (Wildman–Crippen LogP) is 3.20. The van der Waals surface area contributed by atoms with Gasteiger partial charge in [0.25, 0.3) is 0 Å². The van der Waals surface area contributed by atoms with Crippen LogP contribution in [0.25, 0.3) is 0 Å². The average Bonchev–Trinajstić information content (AvgIpc) is 2.37. The summed E-state index contributed by atoms with van der Waals surface area (Å²) in [6, 6.07) is 8.73. The summed E-state index contributed by atoms with van der Waals surface area (Å²) in [6.45, 7) is 9.36. The third-order valence-electron chi connectivity index (χ3n) is 3.51. The van der Waals surface area contributed by atoms with Gasteiger partial charge in [0.1, 0.15) is 5.75 Å². The second-order valence-corrected chi connectivity index (χ2v) is 5.54. The van der Waals surface area contributed by atoms with Crippen LogP contribution in [0.15, 0.2) is 24.3 Å². The van der Waals surface area contributed by atoms with E-state index in [0.29, 0.717) is 6.04 Å². The Bertz CT molecular complexity index is 362. The van der Waals surface area contributed by atoms with E-state index in [1.165, 1.54) is 0 Å². The number of likely N-dealkylation sites (N-methyl/N-ethyl adjacent to an activating group) is 1. The zero-order chi connectivity index (χ0) is 14.4. The van der Waals surface area contributed by atoms with Crippen LogP contribution in [0.1, 0.15) is 45.7 Å². The third-order valence-corrected chi connectivity index (χ3v) is 3.51. The quantitative estimate of drug-likeness (QED) is 0.822. The molecule has 0 aromatic heterocycles. The molecule has 0 saturated heterocycles. The van der Waals surface area contributed by atoms with Crippen molar-refractivity contribution in [1.29, 1.82) is 0 Å². The first-order valence-corrected chi connectivity index (χ1v) is 7.16. The maximum atomic E-state index is 6.26. The normalized spacial score (nSPS) is 14.7. The number of nitrogens with zero attached hydrogens (tertiary/aromatic N) is 1. The van der Waals surface area contributed by atoms with Crippen molar-refractivity contribution in [2.24, 2.45) is 5.73 Å². The minimum absolute atomic E-state index is 0.0482. The van der Waals surface area contributed by atoms with E-state index in [9.17, 15) is 0 Å². The molecule has 3 heteroatoms. The van der Waals surface area contributed by atoms with E-state index in [1.54, 1.807) is 0 Å². The molecule has 2 atom stereocenters. The number of nitrogens with two attached hydrogens (primary N) is 1. The van der Waals surface area contributed by atoms with Crippen LogP contribution >= 0.6 is 0 Å². The van der Waals surface area contributed by atoms with Crippen molar-refractivity contribution in [2.75, 3.05) is 13.6 Å². The lowest BCUT2D eigenvalue weighted by molar-refractivity contribution is 0.236. The molecule has 19 heavy (non-hydrogen) atoms. The Labute approximate surface area is 117 Å². The van der Waals surface area contributed by atoms with Gasteiger partial charge in [-0.05, 0) is 51.9 Å². The minimum atomic E-state index is 0.0482. The molecule has 0 aliphatic carbocycles. The van der Waals surface area contributed by atoms with Crippen molar-refractivity contribution in [3.8, 4) is 5.75 Å². The summed E-state index contributed by atoms with van der Waals surface area (Å²) in [5.74, 6) is 0.904. The Morgan fingerprint density at radius 1 is 1.16 bits per heavy atom. The van der Waals surface area contributed by atoms with Crippen LogP contribution < -0.4 is 10.5 Å². The SMILES string of the molecule is CCC(C)N(C)CC(N)c1ccc(OC(C)C)cc1. The summed E-state index contributed by atoms with van der Waals surface area (Å²) in [7, 11) is 2.13. The zero-order valence-corrected chi connectivity index (χ0v) is 12.9. The van der Waals surface area contributed by atoms with Crippen LogP contribution in [0, 0.1) is 0 Å². The molecule has 0 fully saturated rings. The number of hydrogen-bond acceptors (Lipinski definition) is 3. The fraction of sp³-hybridized carbons (Fsp3) is 0.625.